The van der Waals surface area contributed by atoms with Gasteiger partial charge in [-0.25, -0.2) is 4.98 Å². The van der Waals surface area contributed by atoms with Crippen LogP contribution in [0.5, 0.6) is 0 Å². The molecule has 5 heteroatoms. The summed E-state index contributed by atoms with van der Waals surface area (Å²) in [6.45, 7) is 4.49. The number of benzene rings is 1. The molecule has 1 aliphatic rings. The molecule has 0 radical (unpaired) electrons. The number of hydrogen-bond acceptors (Lipinski definition) is 5. The van der Waals surface area contributed by atoms with Gasteiger partial charge in [0.15, 0.2) is 5.13 Å². The Kier molecular flexibility index (Phi) is 4.83. The van der Waals surface area contributed by atoms with Gasteiger partial charge < -0.3 is 10.6 Å². The third-order valence-corrected chi connectivity index (χ3v) is 5.79. The molecular weight excluding hydrogens is 298 g/mol. The predicted molar refractivity (Wildman–Crippen MR) is 93.3 cm³/mol. The van der Waals surface area contributed by atoms with Crippen LogP contribution in [0.2, 0.25) is 0 Å². The first kappa shape index (κ1) is 14.9. The molecule has 1 aromatic heterocycles. The van der Waals surface area contributed by atoms with Gasteiger partial charge in [0.1, 0.15) is 0 Å². The van der Waals surface area contributed by atoms with Crippen molar-refractivity contribution < 1.29 is 0 Å². The van der Waals surface area contributed by atoms with E-state index in [1.807, 2.05) is 30.0 Å². The lowest BCUT2D eigenvalue weighted by molar-refractivity contribution is 0.706. The van der Waals surface area contributed by atoms with Gasteiger partial charge in [-0.05, 0) is 5.56 Å². The summed E-state index contributed by atoms with van der Waals surface area (Å²) in [5, 5.41) is 4.00. The van der Waals surface area contributed by atoms with Crippen molar-refractivity contribution in [2.75, 3.05) is 23.7 Å². The number of nitrogens with two attached hydrogens (primary N) is 1. The number of hydrogen-bond donors (Lipinski definition) is 1. The maximum atomic E-state index is 6.28. The van der Waals surface area contributed by atoms with E-state index in [0.29, 0.717) is 5.25 Å². The fourth-order valence-corrected chi connectivity index (χ4v) is 4.46. The van der Waals surface area contributed by atoms with Gasteiger partial charge >= 0.3 is 0 Å². The zero-order chi connectivity index (χ0) is 14.7. The molecule has 1 saturated heterocycles. The topological polar surface area (TPSA) is 42.2 Å². The fourth-order valence-electron chi connectivity index (χ4n) is 2.57. The SMILES string of the molecule is CC1CN(c2nc(CC(N)c3ccccc3)cs2)CCS1. The molecule has 3 rings (SSSR count). The number of rotatable bonds is 4. The number of thiazole rings is 1. The van der Waals surface area contributed by atoms with Crippen LogP contribution >= 0.6 is 23.1 Å². The Labute approximate surface area is 134 Å². The Morgan fingerprint density at radius 3 is 2.95 bits per heavy atom. The van der Waals surface area contributed by atoms with Crippen molar-refractivity contribution in [1.29, 1.82) is 0 Å². The van der Waals surface area contributed by atoms with Crippen LogP contribution in [0, 0.1) is 0 Å². The van der Waals surface area contributed by atoms with E-state index in [-0.39, 0.29) is 6.04 Å². The first-order valence-electron chi connectivity index (χ1n) is 7.34. The second-order valence-corrected chi connectivity index (χ2v) is 7.85. The van der Waals surface area contributed by atoms with E-state index in [4.69, 9.17) is 10.7 Å². The Balaban J connectivity index is 1.65. The molecule has 21 heavy (non-hydrogen) atoms. The highest BCUT2D eigenvalue weighted by molar-refractivity contribution is 8.00. The summed E-state index contributed by atoms with van der Waals surface area (Å²) in [7, 11) is 0. The highest BCUT2D eigenvalue weighted by Crippen LogP contribution is 2.27. The van der Waals surface area contributed by atoms with Gasteiger partial charge in [0.25, 0.3) is 0 Å². The lowest BCUT2D eigenvalue weighted by atomic mass is 10.0. The van der Waals surface area contributed by atoms with Gasteiger partial charge in [-0.1, -0.05) is 37.3 Å². The minimum Gasteiger partial charge on any atom is -0.346 e. The summed E-state index contributed by atoms with van der Waals surface area (Å²) >= 11 is 3.79. The minimum absolute atomic E-state index is 0.0250. The fraction of sp³-hybridized carbons (Fsp3) is 0.438. The molecule has 0 saturated carbocycles. The molecule has 2 aromatic rings. The van der Waals surface area contributed by atoms with Gasteiger partial charge in [-0.15, -0.1) is 11.3 Å². The molecule has 3 nitrogen and oxygen atoms in total. The Morgan fingerprint density at radius 2 is 2.19 bits per heavy atom. The summed E-state index contributed by atoms with van der Waals surface area (Å²) in [6.07, 6.45) is 0.804. The van der Waals surface area contributed by atoms with Crippen LogP contribution in [-0.4, -0.2) is 29.1 Å². The lowest BCUT2D eigenvalue weighted by Crippen LogP contribution is -2.36. The molecular formula is C16H21N3S2. The van der Waals surface area contributed by atoms with E-state index in [9.17, 15) is 0 Å². The zero-order valence-electron chi connectivity index (χ0n) is 12.2. The van der Waals surface area contributed by atoms with E-state index in [1.54, 1.807) is 11.3 Å². The minimum atomic E-state index is 0.0250. The highest BCUT2D eigenvalue weighted by atomic mass is 32.2. The first-order valence-corrected chi connectivity index (χ1v) is 9.26. The number of aromatic nitrogens is 1. The molecule has 1 fully saturated rings. The number of anilines is 1. The molecule has 112 valence electrons. The van der Waals surface area contributed by atoms with Crippen LogP contribution in [0.3, 0.4) is 0 Å². The van der Waals surface area contributed by atoms with Crippen LogP contribution in [0.4, 0.5) is 5.13 Å². The van der Waals surface area contributed by atoms with Crippen molar-refractivity contribution in [1.82, 2.24) is 4.98 Å². The Bertz CT molecular complexity index is 570. The molecule has 2 heterocycles. The molecule has 0 spiro atoms. The van der Waals surface area contributed by atoms with Crippen LogP contribution in [-0.2, 0) is 6.42 Å². The van der Waals surface area contributed by atoms with Gasteiger partial charge in [0.05, 0.1) is 5.69 Å². The maximum absolute atomic E-state index is 6.28. The van der Waals surface area contributed by atoms with Crippen molar-refractivity contribution in [2.45, 2.75) is 24.6 Å². The third kappa shape index (κ3) is 3.78. The molecule has 1 aromatic carbocycles. The smallest absolute Gasteiger partial charge is 0.185 e. The largest absolute Gasteiger partial charge is 0.346 e. The van der Waals surface area contributed by atoms with Gasteiger partial charge in [0, 0.05) is 41.9 Å². The van der Waals surface area contributed by atoms with E-state index < -0.39 is 0 Å². The maximum Gasteiger partial charge on any atom is 0.185 e. The van der Waals surface area contributed by atoms with Crippen molar-refractivity contribution in [3.8, 4) is 0 Å². The highest BCUT2D eigenvalue weighted by Gasteiger charge is 2.20. The second-order valence-electron chi connectivity index (χ2n) is 5.47. The first-order chi connectivity index (χ1) is 10.2. The van der Waals surface area contributed by atoms with Crippen molar-refractivity contribution in [2.24, 2.45) is 5.73 Å². The summed E-state index contributed by atoms with van der Waals surface area (Å²) in [6, 6.07) is 10.3. The molecule has 1 aliphatic heterocycles. The third-order valence-electron chi connectivity index (χ3n) is 3.71. The average molecular weight is 319 g/mol. The van der Waals surface area contributed by atoms with Crippen molar-refractivity contribution >= 4 is 28.2 Å². The molecule has 2 unspecified atom stereocenters. The Hall–Kier alpha value is -1.04. The second kappa shape index (κ2) is 6.81. The molecule has 2 N–H and O–H groups in total. The van der Waals surface area contributed by atoms with E-state index >= 15 is 0 Å². The summed E-state index contributed by atoms with van der Waals surface area (Å²) in [5.41, 5.74) is 8.57. The van der Waals surface area contributed by atoms with E-state index in [2.05, 4.69) is 29.3 Å². The summed E-state index contributed by atoms with van der Waals surface area (Å²) in [5.74, 6) is 1.19. The van der Waals surface area contributed by atoms with Gasteiger partial charge in [0.2, 0.25) is 0 Å². The van der Waals surface area contributed by atoms with Crippen molar-refractivity contribution in [3.05, 3.63) is 47.0 Å². The standard InChI is InChI=1S/C16H21N3S2/c1-12-10-19(7-8-20-12)16-18-14(11-21-16)9-15(17)13-5-3-2-4-6-13/h2-6,11-12,15H,7-10,17H2,1H3. The van der Waals surface area contributed by atoms with Crippen molar-refractivity contribution in [3.63, 3.8) is 0 Å². The average Bonchev–Trinajstić information content (AvgIpc) is 2.97. The molecule has 0 amide bonds. The number of thioether (sulfide) groups is 1. The lowest BCUT2D eigenvalue weighted by Gasteiger charge is -2.30. The van der Waals surface area contributed by atoms with Gasteiger partial charge in [-0.2, -0.15) is 11.8 Å². The Morgan fingerprint density at radius 1 is 1.38 bits per heavy atom. The summed E-state index contributed by atoms with van der Waals surface area (Å²) < 4.78 is 0. The van der Waals surface area contributed by atoms with Crippen LogP contribution in [0.25, 0.3) is 0 Å². The molecule has 0 bridgehead atoms. The quantitative estimate of drug-likeness (QED) is 0.938. The predicted octanol–water partition coefficient (Wildman–Crippen LogP) is 3.33. The van der Waals surface area contributed by atoms with Crippen LogP contribution < -0.4 is 10.6 Å². The molecule has 2 atom stereocenters. The normalized spacial score (nSPS) is 20.5. The molecule has 0 aliphatic carbocycles. The summed E-state index contributed by atoms with van der Waals surface area (Å²) in [4.78, 5) is 7.20. The van der Waals surface area contributed by atoms with E-state index in [0.717, 1.165) is 30.3 Å². The number of nitrogens with zero attached hydrogens (tertiary/aromatic N) is 2. The zero-order valence-corrected chi connectivity index (χ0v) is 13.9. The van der Waals surface area contributed by atoms with Crippen LogP contribution in [0.1, 0.15) is 24.2 Å². The monoisotopic (exact) mass is 319 g/mol. The van der Waals surface area contributed by atoms with E-state index in [1.165, 1.54) is 11.3 Å². The van der Waals surface area contributed by atoms with Crippen LogP contribution in [0.15, 0.2) is 35.7 Å². The van der Waals surface area contributed by atoms with Gasteiger partial charge in [-0.3, -0.25) is 0 Å².